The Bertz CT molecular complexity index is 991. The van der Waals surface area contributed by atoms with E-state index in [0.717, 1.165) is 17.5 Å². The molecule has 0 saturated heterocycles. The third-order valence-corrected chi connectivity index (χ3v) is 5.15. The fourth-order valence-corrected chi connectivity index (χ4v) is 3.52. The van der Waals surface area contributed by atoms with Gasteiger partial charge in [-0.3, -0.25) is 9.78 Å². The maximum atomic E-state index is 13.4. The van der Waals surface area contributed by atoms with E-state index in [1.165, 1.54) is 19.8 Å². The van der Waals surface area contributed by atoms with Crippen molar-refractivity contribution in [2.24, 2.45) is 0 Å². The Hall–Kier alpha value is -3.05. The average molecular weight is 425 g/mol. The molecule has 0 radical (unpaired) electrons. The Kier molecular flexibility index (Phi) is 7.31. The highest BCUT2D eigenvalue weighted by molar-refractivity contribution is 6.32. The molecule has 3 rings (SSSR count). The molecule has 1 heterocycles. The predicted molar refractivity (Wildman–Crippen MR) is 118 cm³/mol. The minimum Gasteiger partial charge on any atom is -0.493 e. The van der Waals surface area contributed by atoms with Crippen molar-refractivity contribution in [1.82, 2.24) is 9.88 Å². The number of pyridine rings is 1. The first-order valence-electron chi connectivity index (χ1n) is 9.73. The first kappa shape index (κ1) is 21.7. The minimum atomic E-state index is -0.152. The maximum absolute atomic E-state index is 13.4. The van der Waals surface area contributed by atoms with E-state index < -0.39 is 0 Å². The Morgan fingerprint density at radius 2 is 1.70 bits per heavy atom. The van der Waals surface area contributed by atoms with Gasteiger partial charge in [-0.1, -0.05) is 48.9 Å². The van der Waals surface area contributed by atoms with Crippen LogP contribution in [-0.4, -0.2) is 30.0 Å². The molecule has 0 saturated carbocycles. The van der Waals surface area contributed by atoms with Gasteiger partial charge >= 0.3 is 0 Å². The van der Waals surface area contributed by atoms with Crippen molar-refractivity contribution in [3.05, 3.63) is 88.2 Å². The lowest BCUT2D eigenvalue weighted by atomic mass is 10.1. The van der Waals surface area contributed by atoms with Crippen LogP contribution in [0.5, 0.6) is 11.5 Å². The van der Waals surface area contributed by atoms with Crippen LogP contribution in [0.4, 0.5) is 0 Å². The van der Waals surface area contributed by atoms with Crippen LogP contribution in [0.3, 0.4) is 0 Å². The van der Waals surface area contributed by atoms with E-state index in [-0.39, 0.29) is 5.91 Å². The number of nitrogens with zero attached hydrogens (tertiary/aromatic N) is 2. The van der Waals surface area contributed by atoms with Crippen LogP contribution >= 0.6 is 11.6 Å². The van der Waals surface area contributed by atoms with E-state index in [2.05, 4.69) is 36.2 Å². The number of methoxy groups -OCH3 is 2. The molecule has 0 bridgehead atoms. The number of carbonyl (C=O) groups is 1. The van der Waals surface area contributed by atoms with Crippen LogP contribution in [0.25, 0.3) is 0 Å². The third-order valence-electron chi connectivity index (χ3n) is 4.87. The van der Waals surface area contributed by atoms with Gasteiger partial charge in [-0.05, 0) is 41.3 Å². The number of hydrogen-bond acceptors (Lipinski definition) is 4. The average Bonchev–Trinajstić information content (AvgIpc) is 2.78. The van der Waals surface area contributed by atoms with E-state index in [9.17, 15) is 4.79 Å². The zero-order chi connectivity index (χ0) is 21.5. The van der Waals surface area contributed by atoms with Gasteiger partial charge in [0.1, 0.15) is 0 Å². The lowest BCUT2D eigenvalue weighted by Crippen LogP contribution is -2.30. The van der Waals surface area contributed by atoms with E-state index in [4.69, 9.17) is 21.1 Å². The molecule has 30 heavy (non-hydrogen) atoms. The van der Waals surface area contributed by atoms with Crippen molar-refractivity contribution >= 4 is 17.5 Å². The van der Waals surface area contributed by atoms with Crippen LogP contribution in [0.15, 0.2) is 60.9 Å². The molecule has 0 aliphatic heterocycles. The van der Waals surface area contributed by atoms with Gasteiger partial charge < -0.3 is 14.4 Å². The topological polar surface area (TPSA) is 51.7 Å². The maximum Gasteiger partial charge on any atom is 0.254 e. The summed E-state index contributed by atoms with van der Waals surface area (Å²) in [5.74, 6) is 0.674. The lowest BCUT2D eigenvalue weighted by Gasteiger charge is -2.24. The fraction of sp³-hybridized carbons (Fsp3) is 0.250. The summed E-state index contributed by atoms with van der Waals surface area (Å²) in [6, 6.07) is 15.4. The number of amides is 1. The molecule has 1 aromatic heterocycles. The Morgan fingerprint density at radius 3 is 2.30 bits per heavy atom. The Labute approximate surface area is 182 Å². The normalized spacial score (nSPS) is 10.5. The van der Waals surface area contributed by atoms with Crippen molar-refractivity contribution in [3.63, 3.8) is 0 Å². The van der Waals surface area contributed by atoms with Crippen LogP contribution in [0.2, 0.25) is 5.02 Å². The second-order valence-corrected chi connectivity index (χ2v) is 7.29. The standard InChI is InChI=1S/C24H25ClN2O3/c1-4-17-7-9-18(10-8-17)15-27(16-19-6-5-11-26-14-19)24(28)20-12-21(25)23(30-3)22(13-20)29-2/h5-14H,4,15-16H2,1-3H3. The zero-order valence-electron chi connectivity index (χ0n) is 17.4. The number of benzene rings is 2. The highest BCUT2D eigenvalue weighted by Crippen LogP contribution is 2.36. The molecular weight excluding hydrogens is 400 g/mol. The monoisotopic (exact) mass is 424 g/mol. The summed E-state index contributed by atoms with van der Waals surface area (Å²) < 4.78 is 10.6. The zero-order valence-corrected chi connectivity index (χ0v) is 18.1. The second-order valence-electron chi connectivity index (χ2n) is 6.89. The van der Waals surface area contributed by atoms with Crippen molar-refractivity contribution in [2.45, 2.75) is 26.4 Å². The first-order chi connectivity index (χ1) is 14.5. The predicted octanol–water partition coefficient (Wildman–Crippen LogP) is 5.16. The van der Waals surface area contributed by atoms with Gasteiger partial charge in [-0.15, -0.1) is 0 Å². The molecule has 0 unspecified atom stereocenters. The SMILES string of the molecule is CCc1ccc(CN(Cc2cccnc2)C(=O)c2cc(Cl)c(OC)c(OC)c2)cc1. The van der Waals surface area contributed by atoms with Crippen molar-refractivity contribution in [2.75, 3.05) is 14.2 Å². The molecule has 0 aliphatic carbocycles. The molecule has 6 heteroatoms. The van der Waals surface area contributed by atoms with Gasteiger partial charge in [0.15, 0.2) is 11.5 Å². The van der Waals surface area contributed by atoms with Gasteiger partial charge in [-0.2, -0.15) is 0 Å². The third kappa shape index (κ3) is 5.10. The fourth-order valence-electron chi connectivity index (χ4n) is 3.24. The van der Waals surface area contributed by atoms with Gasteiger partial charge in [0.2, 0.25) is 0 Å². The highest BCUT2D eigenvalue weighted by atomic mass is 35.5. The number of halogens is 1. The molecule has 5 nitrogen and oxygen atoms in total. The minimum absolute atomic E-state index is 0.152. The summed E-state index contributed by atoms with van der Waals surface area (Å²) in [7, 11) is 3.03. The number of aryl methyl sites for hydroxylation is 1. The summed E-state index contributed by atoms with van der Waals surface area (Å²) in [6.45, 7) is 3.01. The van der Waals surface area contributed by atoms with Gasteiger partial charge in [-0.25, -0.2) is 0 Å². The Morgan fingerprint density at radius 1 is 1.00 bits per heavy atom. The van der Waals surface area contributed by atoms with E-state index in [0.29, 0.717) is 35.2 Å². The largest absolute Gasteiger partial charge is 0.493 e. The van der Waals surface area contributed by atoms with E-state index >= 15 is 0 Å². The molecule has 0 spiro atoms. The molecule has 3 aromatic rings. The molecule has 0 aliphatic rings. The first-order valence-corrected chi connectivity index (χ1v) is 10.1. The van der Waals surface area contributed by atoms with Gasteiger partial charge in [0.25, 0.3) is 5.91 Å². The van der Waals surface area contributed by atoms with E-state index in [1.54, 1.807) is 29.4 Å². The van der Waals surface area contributed by atoms with Crippen LogP contribution in [0.1, 0.15) is 34.0 Å². The summed E-state index contributed by atoms with van der Waals surface area (Å²) in [4.78, 5) is 19.4. The van der Waals surface area contributed by atoms with Gasteiger partial charge in [0, 0.05) is 31.0 Å². The van der Waals surface area contributed by atoms with Crippen LogP contribution < -0.4 is 9.47 Å². The van der Waals surface area contributed by atoms with Crippen molar-refractivity contribution in [1.29, 1.82) is 0 Å². The molecule has 0 atom stereocenters. The molecule has 156 valence electrons. The number of rotatable bonds is 8. The summed E-state index contributed by atoms with van der Waals surface area (Å²) in [5, 5.41) is 0.328. The van der Waals surface area contributed by atoms with Crippen LogP contribution in [-0.2, 0) is 19.5 Å². The molecule has 1 amide bonds. The molecular formula is C24H25ClN2O3. The summed E-state index contributed by atoms with van der Waals surface area (Å²) in [5.41, 5.74) is 3.70. The van der Waals surface area contributed by atoms with E-state index in [1.807, 2.05) is 12.1 Å². The van der Waals surface area contributed by atoms with Gasteiger partial charge in [0.05, 0.1) is 19.2 Å². The number of carbonyl (C=O) groups excluding carboxylic acids is 1. The number of ether oxygens (including phenoxy) is 2. The molecule has 0 N–H and O–H groups in total. The van der Waals surface area contributed by atoms with Crippen molar-refractivity contribution in [3.8, 4) is 11.5 Å². The smallest absolute Gasteiger partial charge is 0.254 e. The number of aromatic nitrogens is 1. The summed E-state index contributed by atoms with van der Waals surface area (Å²) >= 11 is 6.33. The highest BCUT2D eigenvalue weighted by Gasteiger charge is 2.21. The van der Waals surface area contributed by atoms with Crippen LogP contribution in [0, 0.1) is 0 Å². The van der Waals surface area contributed by atoms with Crippen molar-refractivity contribution < 1.29 is 14.3 Å². The number of hydrogen-bond donors (Lipinski definition) is 0. The quantitative estimate of drug-likeness (QED) is 0.501. The second kappa shape index (κ2) is 10.1. The lowest BCUT2D eigenvalue weighted by molar-refractivity contribution is 0.0729. The summed E-state index contributed by atoms with van der Waals surface area (Å²) in [6.07, 6.45) is 4.46. The Balaban J connectivity index is 1.94. The molecule has 0 fully saturated rings. The molecule has 2 aromatic carbocycles.